The smallest absolute Gasteiger partial charge is 0.310 e. The summed E-state index contributed by atoms with van der Waals surface area (Å²) in [6, 6.07) is 0. The third-order valence-electron chi connectivity index (χ3n) is 6.43. The Bertz CT molecular complexity index is 812. The molecule has 1 heterocycles. The zero-order chi connectivity index (χ0) is 26.1. The SMILES string of the molecule is C=CC=C(C)CCC1CC=CC=C(C)C(O)CCCC=CC=CCCC(O)C(C)C(=C)CC(=O)O1. The number of ether oxygens (including phenoxy) is 1. The second-order valence-electron chi connectivity index (χ2n) is 9.55. The topological polar surface area (TPSA) is 66.8 Å². The lowest BCUT2D eigenvalue weighted by atomic mass is 9.91. The number of aliphatic hydroxyl groups is 2. The fraction of sp³-hybridized carbons (Fsp3) is 0.516. The van der Waals surface area contributed by atoms with Gasteiger partial charge in [-0.25, -0.2) is 0 Å². The van der Waals surface area contributed by atoms with E-state index in [1.165, 1.54) is 5.57 Å². The summed E-state index contributed by atoms with van der Waals surface area (Å²) >= 11 is 0. The standard InChI is InChI=1S/C31H46O4/c1-6-16-24(2)21-22-28-18-15-14-17-25(3)29(32)19-12-10-8-7-9-11-13-20-30(33)27(5)26(4)23-31(34)35-28/h6-9,11,14-17,27-30,32-33H,1,4,10,12-13,18-23H2,2-3,5H3. The molecule has 0 saturated heterocycles. The predicted octanol–water partition coefficient (Wildman–Crippen LogP) is 7.08. The number of aliphatic hydroxyl groups excluding tert-OH is 2. The van der Waals surface area contributed by atoms with Crippen LogP contribution < -0.4 is 0 Å². The number of carbonyl (C=O) groups excluding carboxylic acids is 1. The van der Waals surface area contributed by atoms with Gasteiger partial charge in [-0.15, -0.1) is 0 Å². The molecule has 194 valence electrons. The Morgan fingerprint density at radius 2 is 1.86 bits per heavy atom. The Hall–Kier alpha value is -2.43. The van der Waals surface area contributed by atoms with Crippen LogP contribution in [0.15, 0.2) is 84.6 Å². The van der Waals surface area contributed by atoms with E-state index in [1.807, 2.05) is 63.3 Å². The summed E-state index contributed by atoms with van der Waals surface area (Å²) in [6.45, 7) is 13.7. The van der Waals surface area contributed by atoms with Gasteiger partial charge >= 0.3 is 5.97 Å². The monoisotopic (exact) mass is 482 g/mol. The highest BCUT2D eigenvalue weighted by Gasteiger charge is 2.21. The van der Waals surface area contributed by atoms with E-state index >= 15 is 0 Å². The van der Waals surface area contributed by atoms with E-state index in [-0.39, 0.29) is 24.4 Å². The van der Waals surface area contributed by atoms with Crippen LogP contribution in [0.3, 0.4) is 0 Å². The molecule has 0 spiro atoms. The van der Waals surface area contributed by atoms with Crippen LogP contribution in [0.4, 0.5) is 0 Å². The van der Waals surface area contributed by atoms with Crippen LogP contribution in [0, 0.1) is 5.92 Å². The highest BCUT2D eigenvalue weighted by Crippen LogP contribution is 2.22. The summed E-state index contributed by atoms with van der Waals surface area (Å²) in [4.78, 5) is 12.7. The van der Waals surface area contributed by atoms with Crippen molar-refractivity contribution in [2.75, 3.05) is 0 Å². The predicted molar refractivity (Wildman–Crippen MR) is 147 cm³/mol. The first kappa shape index (κ1) is 30.6. The third kappa shape index (κ3) is 13.9. The van der Waals surface area contributed by atoms with Gasteiger partial charge in [0.25, 0.3) is 0 Å². The van der Waals surface area contributed by atoms with Crippen molar-refractivity contribution in [3.8, 4) is 0 Å². The van der Waals surface area contributed by atoms with Crippen LogP contribution in [0.5, 0.6) is 0 Å². The van der Waals surface area contributed by atoms with Crippen LogP contribution in [0.1, 0.15) is 78.6 Å². The van der Waals surface area contributed by atoms with Crippen LogP contribution in [-0.4, -0.2) is 34.5 Å². The average Bonchev–Trinajstić information content (AvgIpc) is 2.82. The summed E-state index contributed by atoms with van der Waals surface area (Å²) in [5, 5.41) is 20.9. The van der Waals surface area contributed by atoms with Crippen LogP contribution in [0.25, 0.3) is 0 Å². The minimum atomic E-state index is -0.552. The molecule has 4 nitrogen and oxygen atoms in total. The van der Waals surface area contributed by atoms with Gasteiger partial charge in [0.1, 0.15) is 6.10 Å². The minimum absolute atomic E-state index is 0.101. The van der Waals surface area contributed by atoms with E-state index in [9.17, 15) is 15.0 Å². The van der Waals surface area contributed by atoms with Crippen LogP contribution in [0.2, 0.25) is 0 Å². The molecule has 4 heteroatoms. The zero-order valence-corrected chi connectivity index (χ0v) is 22.0. The van der Waals surface area contributed by atoms with Crippen molar-refractivity contribution < 1.29 is 19.7 Å². The van der Waals surface area contributed by atoms with E-state index in [2.05, 4.69) is 19.2 Å². The van der Waals surface area contributed by atoms with E-state index in [0.717, 1.165) is 31.3 Å². The maximum Gasteiger partial charge on any atom is 0.310 e. The maximum atomic E-state index is 12.7. The molecule has 0 aromatic carbocycles. The number of esters is 1. The van der Waals surface area contributed by atoms with Crippen molar-refractivity contribution in [3.63, 3.8) is 0 Å². The molecule has 1 aliphatic rings. The van der Waals surface area contributed by atoms with Gasteiger partial charge in [0, 0.05) is 12.3 Å². The number of hydrogen-bond acceptors (Lipinski definition) is 4. The van der Waals surface area contributed by atoms with Gasteiger partial charge in [0.2, 0.25) is 0 Å². The van der Waals surface area contributed by atoms with Crippen LogP contribution in [-0.2, 0) is 9.53 Å². The van der Waals surface area contributed by atoms with Gasteiger partial charge in [0.15, 0.2) is 0 Å². The van der Waals surface area contributed by atoms with Gasteiger partial charge in [-0.2, -0.15) is 0 Å². The number of hydrogen-bond donors (Lipinski definition) is 2. The molecule has 0 radical (unpaired) electrons. The fourth-order valence-electron chi connectivity index (χ4n) is 3.83. The average molecular weight is 483 g/mol. The van der Waals surface area contributed by atoms with E-state index in [4.69, 9.17) is 4.74 Å². The lowest BCUT2D eigenvalue weighted by Crippen LogP contribution is -2.23. The lowest BCUT2D eigenvalue weighted by molar-refractivity contribution is -0.148. The van der Waals surface area contributed by atoms with Crippen molar-refractivity contribution in [1.29, 1.82) is 0 Å². The molecule has 2 N–H and O–H groups in total. The summed E-state index contributed by atoms with van der Waals surface area (Å²) in [6.07, 6.45) is 22.6. The summed E-state index contributed by atoms with van der Waals surface area (Å²) < 4.78 is 5.82. The number of rotatable bonds is 4. The van der Waals surface area contributed by atoms with E-state index in [1.54, 1.807) is 6.08 Å². The molecule has 0 bridgehead atoms. The van der Waals surface area contributed by atoms with Gasteiger partial charge in [0.05, 0.1) is 18.6 Å². The molecule has 0 fully saturated rings. The molecule has 4 unspecified atom stereocenters. The van der Waals surface area contributed by atoms with Crippen molar-refractivity contribution in [3.05, 3.63) is 84.6 Å². The van der Waals surface area contributed by atoms with Gasteiger partial charge in [-0.3, -0.25) is 4.79 Å². The van der Waals surface area contributed by atoms with E-state index in [0.29, 0.717) is 31.3 Å². The van der Waals surface area contributed by atoms with Gasteiger partial charge < -0.3 is 14.9 Å². The second-order valence-corrected chi connectivity index (χ2v) is 9.55. The van der Waals surface area contributed by atoms with Crippen molar-refractivity contribution in [1.82, 2.24) is 0 Å². The number of cyclic esters (lactones) is 1. The van der Waals surface area contributed by atoms with E-state index < -0.39 is 12.2 Å². The Labute approximate surface area is 213 Å². The molecule has 1 aliphatic heterocycles. The third-order valence-corrected chi connectivity index (χ3v) is 6.43. The number of carbonyl (C=O) groups is 1. The Balaban J connectivity index is 2.95. The normalized spacial score (nSPS) is 26.9. The lowest BCUT2D eigenvalue weighted by Gasteiger charge is -2.22. The highest BCUT2D eigenvalue weighted by molar-refractivity contribution is 5.72. The van der Waals surface area contributed by atoms with Crippen molar-refractivity contribution >= 4 is 5.97 Å². The quantitative estimate of drug-likeness (QED) is 0.255. The summed E-state index contributed by atoms with van der Waals surface area (Å²) in [5.41, 5.74) is 2.80. The molecule has 0 aromatic rings. The van der Waals surface area contributed by atoms with Crippen molar-refractivity contribution in [2.45, 2.75) is 96.9 Å². The molecular formula is C31H46O4. The molecule has 0 amide bonds. The molecule has 4 atom stereocenters. The van der Waals surface area contributed by atoms with Crippen molar-refractivity contribution in [2.24, 2.45) is 5.92 Å². The minimum Gasteiger partial charge on any atom is -0.462 e. The van der Waals surface area contributed by atoms with Crippen LogP contribution >= 0.6 is 0 Å². The Morgan fingerprint density at radius 1 is 1.14 bits per heavy atom. The molecular weight excluding hydrogens is 436 g/mol. The Morgan fingerprint density at radius 3 is 2.57 bits per heavy atom. The Kier molecular flexibility index (Phi) is 15.7. The second kappa shape index (κ2) is 17.9. The first-order valence-electron chi connectivity index (χ1n) is 12.9. The first-order valence-corrected chi connectivity index (χ1v) is 12.9. The zero-order valence-electron chi connectivity index (χ0n) is 22.0. The maximum absolute atomic E-state index is 12.7. The molecule has 0 aliphatic carbocycles. The largest absolute Gasteiger partial charge is 0.462 e. The molecule has 0 saturated carbocycles. The summed E-state index contributed by atoms with van der Waals surface area (Å²) in [5.74, 6) is -0.493. The van der Waals surface area contributed by atoms with Gasteiger partial charge in [-0.05, 0) is 64.4 Å². The fourth-order valence-corrected chi connectivity index (χ4v) is 3.83. The molecule has 35 heavy (non-hydrogen) atoms. The molecule has 0 aromatic heterocycles. The first-order chi connectivity index (χ1) is 16.7. The number of allylic oxidation sites excluding steroid dienone is 9. The molecule has 1 rings (SSSR count). The van der Waals surface area contributed by atoms with Gasteiger partial charge in [-0.1, -0.05) is 85.9 Å². The summed E-state index contributed by atoms with van der Waals surface area (Å²) in [7, 11) is 0. The highest BCUT2D eigenvalue weighted by atomic mass is 16.5.